The smallest absolute Gasteiger partial charge is 0.111 e. The van der Waals surface area contributed by atoms with E-state index in [0.29, 0.717) is 6.42 Å². The van der Waals surface area contributed by atoms with Crippen LogP contribution in [0.2, 0.25) is 0 Å². The molecule has 4 nitrogen and oxygen atoms in total. The first-order chi connectivity index (χ1) is 10.1. The minimum absolute atomic E-state index is 0.146. The number of aliphatic hydroxyl groups is 1. The van der Waals surface area contributed by atoms with Crippen molar-refractivity contribution >= 4 is 0 Å². The lowest BCUT2D eigenvalue weighted by atomic mass is 9.82. The summed E-state index contributed by atoms with van der Waals surface area (Å²) in [4.78, 5) is 6.86. The second-order valence-corrected chi connectivity index (χ2v) is 5.74. The Labute approximate surface area is 130 Å². The quantitative estimate of drug-likeness (QED) is 0.721. The van der Waals surface area contributed by atoms with Crippen LogP contribution in [0.5, 0.6) is 0 Å². The number of hydrogen-bond acceptors (Lipinski definition) is 3. The summed E-state index contributed by atoms with van der Waals surface area (Å²) in [7, 11) is 0. The largest absolute Gasteiger partial charge is 0.391 e. The van der Waals surface area contributed by atoms with E-state index in [4.69, 9.17) is 0 Å². The van der Waals surface area contributed by atoms with Crippen LogP contribution >= 0.6 is 0 Å². The van der Waals surface area contributed by atoms with E-state index in [-0.39, 0.29) is 11.6 Å². The molecule has 0 saturated carbocycles. The predicted molar refractivity (Wildman–Crippen MR) is 88.5 cm³/mol. The van der Waals surface area contributed by atoms with Crippen molar-refractivity contribution in [1.29, 1.82) is 0 Å². The summed E-state index contributed by atoms with van der Waals surface area (Å²) in [5.41, 5.74) is -0.146. The number of imidazole rings is 1. The highest BCUT2D eigenvalue weighted by Gasteiger charge is 2.39. The molecule has 0 aromatic carbocycles. The summed E-state index contributed by atoms with van der Waals surface area (Å²) < 4.78 is 2.17. The van der Waals surface area contributed by atoms with Crippen LogP contribution in [-0.2, 0) is 13.0 Å². The molecule has 21 heavy (non-hydrogen) atoms. The summed E-state index contributed by atoms with van der Waals surface area (Å²) in [5.74, 6) is 1.00. The van der Waals surface area contributed by atoms with E-state index in [1.165, 1.54) is 0 Å². The van der Waals surface area contributed by atoms with E-state index >= 15 is 0 Å². The molecule has 0 bridgehead atoms. The van der Waals surface area contributed by atoms with E-state index in [9.17, 15) is 5.11 Å². The van der Waals surface area contributed by atoms with Crippen LogP contribution in [0.3, 0.4) is 0 Å². The first-order valence-electron chi connectivity index (χ1n) is 8.52. The molecule has 0 spiro atoms. The van der Waals surface area contributed by atoms with Crippen molar-refractivity contribution in [2.75, 3.05) is 13.1 Å². The van der Waals surface area contributed by atoms with Gasteiger partial charge in [-0.3, -0.25) is 4.90 Å². The highest BCUT2D eigenvalue weighted by Crippen LogP contribution is 2.29. The lowest BCUT2D eigenvalue weighted by Gasteiger charge is -2.45. The van der Waals surface area contributed by atoms with Crippen LogP contribution in [-0.4, -0.2) is 44.3 Å². The molecule has 1 heterocycles. The molecule has 122 valence electrons. The van der Waals surface area contributed by atoms with Crippen LogP contribution in [0.4, 0.5) is 0 Å². The van der Waals surface area contributed by atoms with Crippen LogP contribution in [0, 0.1) is 0 Å². The second-order valence-electron chi connectivity index (χ2n) is 5.74. The average Bonchev–Trinajstić information content (AvgIpc) is 2.92. The highest BCUT2D eigenvalue weighted by molar-refractivity contribution is 5.02. The Morgan fingerprint density at radius 3 is 2.29 bits per heavy atom. The monoisotopic (exact) mass is 295 g/mol. The molecule has 0 aliphatic heterocycles. The minimum Gasteiger partial charge on any atom is -0.391 e. The van der Waals surface area contributed by atoms with Gasteiger partial charge in [-0.1, -0.05) is 34.6 Å². The molecule has 1 N–H and O–H groups in total. The standard InChI is InChI=1S/C17H33N3O/c1-6-12-19-13-11-18-16(19)14-15(21)17(7-2,8-3)20(9-4)10-5/h11,13,15,21H,6-10,12,14H2,1-5H3. The van der Waals surface area contributed by atoms with Gasteiger partial charge in [-0.05, 0) is 32.4 Å². The Hall–Kier alpha value is -0.870. The van der Waals surface area contributed by atoms with Gasteiger partial charge in [0.1, 0.15) is 5.82 Å². The lowest BCUT2D eigenvalue weighted by Crippen LogP contribution is -2.56. The zero-order valence-corrected chi connectivity index (χ0v) is 14.5. The molecule has 1 aromatic heterocycles. The number of hydrogen-bond donors (Lipinski definition) is 1. The van der Waals surface area contributed by atoms with Gasteiger partial charge in [0.25, 0.3) is 0 Å². The van der Waals surface area contributed by atoms with E-state index in [2.05, 4.69) is 49.1 Å². The van der Waals surface area contributed by atoms with Gasteiger partial charge >= 0.3 is 0 Å². The van der Waals surface area contributed by atoms with Gasteiger partial charge in [0.2, 0.25) is 0 Å². The fourth-order valence-corrected chi connectivity index (χ4v) is 3.57. The number of aryl methyl sites for hydroxylation is 1. The van der Waals surface area contributed by atoms with E-state index in [0.717, 1.165) is 44.7 Å². The molecule has 0 radical (unpaired) electrons. The second kappa shape index (κ2) is 8.54. The fourth-order valence-electron chi connectivity index (χ4n) is 3.57. The highest BCUT2D eigenvalue weighted by atomic mass is 16.3. The number of aliphatic hydroxyl groups excluding tert-OH is 1. The van der Waals surface area contributed by atoms with E-state index < -0.39 is 0 Å². The molecule has 1 aromatic rings. The first kappa shape index (κ1) is 18.2. The van der Waals surface area contributed by atoms with Crippen molar-refractivity contribution in [3.05, 3.63) is 18.2 Å². The Morgan fingerprint density at radius 1 is 1.19 bits per heavy atom. The first-order valence-corrected chi connectivity index (χ1v) is 8.52. The van der Waals surface area contributed by atoms with Gasteiger partial charge in [-0.15, -0.1) is 0 Å². The van der Waals surface area contributed by atoms with Crippen molar-refractivity contribution in [3.8, 4) is 0 Å². The van der Waals surface area contributed by atoms with Crippen molar-refractivity contribution in [3.63, 3.8) is 0 Å². The molecule has 1 rings (SSSR count). The fraction of sp³-hybridized carbons (Fsp3) is 0.824. The molecule has 1 atom stereocenters. The zero-order valence-electron chi connectivity index (χ0n) is 14.5. The molecular formula is C17H33N3O. The van der Waals surface area contributed by atoms with Gasteiger partial charge in [0.15, 0.2) is 0 Å². The van der Waals surface area contributed by atoms with E-state index in [1.54, 1.807) is 0 Å². The maximum atomic E-state index is 11.0. The summed E-state index contributed by atoms with van der Waals surface area (Å²) in [6.07, 6.45) is 7.11. The Balaban J connectivity index is 2.95. The van der Waals surface area contributed by atoms with Crippen LogP contribution in [0.25, 0.3) is 0 Å². The molecule has 0 amide bonds. The third kappa shape index (κ3) is 3.86. The van der Waals surface area contributed by atoms with Gasteiger partial charge in [-0.25, -0.2) is 4.98 Å². The molecule has 1 unspecified atom stereocenters. The molecule has 0 fully saturated rings. The van der Waals surface area contributed by atoms with Gasteiger partial charge in [0, 0.05) is 30.9 Å². The van der Waals surface area contributed by atoms with Crippen molar-refractivity contribution in [2.45, 2.75) is 78.5 Å². The third-order valence-electron chi connectivity index (χ3n) is 4.88. The third-order valence-corrected chi connectivity index (χ3v) is 4.88. The Bertz CT molecular complexity index is 394. The van der Waals surface area contributed by atoms with Crippen LogP contribution in [0.15, 0.2) is 12.4 Å². The molecule has 0 saturated heterocycles. The summed E-state index contributed by atoms with van der Waals surface area (Å²) in [6, 6.07) is 0. The molecule has 4 heteroatoms. The van der Waals surface area contributed by atoms with Crippen molar-refractivity contribution in [1.82, 2.24) is 14.5 Å². The number of rotatable bonds is 10. The normalized spacial score (nSPS) is 13.9. The zero-order chi connectivity index (χ0) is 15.9. The van der Waals surface area contributed by atoms with Crippen molar-refractivity contribution in [2.24, 2.45) is 0 Å². The van der Waals surface area contributed by atoms with Gasteiger partial charge in [0.05, 0.1) is 6.10 Å². The summed E-state index contributed by atoms with van der Waals surface area (Å²) in [6.45, 7) is 13.8. The van der Waals surface area contributed by atoms with Gasteiger partial charge in [-0.2, -0.15) is 0 Å². The number of nitrogens with zero attached hydrogens (tertiary/aromatic N) is 3. The van der Waals surface area contributed by atoms with Crippen molar-refractivity contribution < 1.29 is 5.11 Å². The predicted octanol–water partition coefficient (Wildman–Crippen LogP) is 3.10. The SMILES string of the molecule is CCCn1ccnc1CC(O)C(CC)(CC)N(CC)CC. The Kier molecular flexibility index (Phi) is 7.40. The van der Waals surface area contributed by atoms with Gasteiger partial charge < -0.3 is 9.67 Å². The Morgan fingerprint density at radius 2 is 1.81 bits per heavy atom. The number of likely N-dealkylation sites (N-methyl/N-ethyl adjacent to an activating group) is 1. The summed E-state index contributed by atoms with van der Waals surface area (Å²) >= 11 is 0. The summed E-state index contributed by atoms with van der Waals surface area (Å²) in [5, 5.41) is 11.0. The average molecular weight is 295 g/mol. The lowest BCUT2D eigenvalue weighted by molar-refractivity contribution is -0.0352. The minimum atomic E-state index is -0.384. The molecular weight excluding hydrogens is 262 g/mol. The van der Waals surface area contributed by atoms with E-state index in [1.807, 2.05) is 12.4 Å². The maximum Gasteiger partial charge on any atom is 0.111 e. The van der Waals surface area contributed by atoms with Crippen LogP contribution < -0.4 is 0 Å². The van der Waals surface area contributed by atoms with Crippen LogP contribution in [0.1, 0.15) is 59.7 Å². The number of aromatic nitrogens is 2. The maximum absolute atomic E-state index is 11.0. The molecule has 0 aliphatic carbocycles. The molecule has 0 aliphatic rings. The topological polar surface area (TPSA) is 41.3 Å².